The van der Waals surface area contributed by atoms with Gasteiger partial charge in [-0.15, -0.1) is 12.6 Å². The van der Waals surface area contributed by atoms with Gasteiger partial charge in [0.2, 0.25) is 0 Å². The average molecular weight is 229 g/mol. The maximum Gasteiger partial charge on any atom is 0.112 e. The lowest BCUT2D eigenvalue weighted by Crippen LogP contribution is -1.63. The van der Waals surface area contributed by atoms with Crippen LogP contribution in [-0.2, 0) is 0 Å². The van der Waals surface area contributed by atoms with E-state index in [9.17, 15) is 0 Å². The van der Waals surface area contributed by atoms with Crippen LogP contribution in [0.4, 0.5) is 0 Å². The van der Waals surface area contributed by atoms with Crippen molar-refractivity contribution in [1.82, 2.24) is 15.4 Å². The molecule has 0 amide bonds. The van der Waals surface area contributed by atoms with E-state index in [2.05, 4.69) is 28.0 Å². The monoisotopic (exact) mass is 229 g/mol. The molecule has 3 aromatic rings. The van der Waals surface area contributed by atoms with Crippen LogP contribution in [0.25, 0.3) is 11.0 Å². The topological polar surface area (TPSA) is 41.6 Å². The molecule has 0 atom stereocenters. The molecular weight excluding hydrogens is 218 g/mol. The van der Waals surface area contributed by atoms with Gasteiger partial charge in [-0.05, 0) is 24.3 Å². The molecule has 0 aliphatic heterocycles. The van der Waals surface area contributed by atoms with Crippen LogP contribution in [0.3, 0.4) is 0 Å². The van der Waals surface area contributed by atoms with E-state index in [0.717, 1.165) is 15.9 Å². The number of rotatable bonds is 0. The number of H-pyrrole nitrogens is 1. The van der Waals surface area contributed by atoms with Crippen molar-refractivity contribution in [1.29, 1.82) is 0 Å². The van der Waals surface area contributed by atoms with E-state index in [1.54, 1.807) is 0 Å². The van der Waals surface area contributed by atoms with Gasteiger partial charge in [-0.25, -0.2) is 0 Å². The lowest BCUT2D eigenvalue weighted by Gasteiger charge is -1.81. The Morgan fingerprint density at radius 3 is 1.69 bits per heavy atom. The molecule has 0 aliphatic carbocycles. The van der Waals surface area contributed by atoms with Gasteiger partial charge in [-0.1, -0.05) is 30.3 Å². The van der Waals surface area contributed by atoms with Gasteiger partial charge >= 0.3 is 0 Å². The molecule has 1 heterocycles. The maximum absolute atomic E-state index is 4.08. The van der Waals surface area contributed by atoms with Crippen molar-refractivity contribution in [2.75, 3.05) is 0 Å². The van der Waals surface area contributed by atoms with Crippen molar-refractivity contribution >= 4 is 23.7 Å². The number of nitrogens with one attached hydrogen (secondary N) is 1. The van der Waals surface area contributed by atoms with Gasteiger partial charge in [0.15, 0.2) is 0 Å². The smallest absolute Gasteiger partial charge is 0.112 e. The van der Waals surface area contributed by atoms with Crippen LogP contribution in [-0.4, -0.2) is 15.4 Å². The Labute approximate surface area is 98.9 Å². The largest absolute Gasteiger partial charge is 0.197 e. The Hall–Kier alpha value is -1.81. The Morgan fingerprint density at radius 1 is 0.750 bits per heavy atom. The van der Waals surface area contributed by atoms with Crippen molar-refractivity contribution in [3.05, 3.63) is 54.6 Å². The minimum atomic E-state index is 0.914. The Kier molecular flexibility index (Phi) is 3.56. The molecule has 80 valence electrons. The molecule has 0 spiro atoms. The summed E-state index contributed by atoms with van der Waals surface area (Å²) in [4.78, 5) is 1.02. The third-order valence-electron chi connectivity index (χ3n) is 1.98. The zero-order valence-electron chi connectivity index (χ0n) is 8.54. The highest BCUT2D eigenvalue weighted by molar-refractivity contribution is 7.80. The summed E-state index contributed by atoms with van der Waals surface area (Å²) in [6, 6.07) is 17.5. The summed E-state index contributed by atoms with van der Waals surface area (Å²) in [5.41, 5.74) is 1.83. The second-order valence-corrected chi connectivity index (χ2v) is 3.66. The summed E-state index contributed by atoms with van der Waals surface area (Å²) in [5, 5.41) is 10.3. The van der Waals surface area contributed by atoms with E-state index < -0.39 is 0 Å². The first kappa shape index (κ1) is 10.7. The lowest BCUT2D eigenvalue weighted by atomic mass is 10.3. The molecular formula is C12H11N3S. The molecule has 16 heavy (non-hydrogen) atoms. The Morgan fingerprint density at radius 2 is 1.25 bits per heavy atom. The fourth-order valence-electron chi connectivity index (χ4n) is 1.21. The van der Waals surface area contributed by atoms with Gasteiger partial charge in [0.05, 0.1) is 0 Å². The molecule has 0 saturated heterocycles. The molecule has 0 radical (unpaired) electrons. The number of hydrogen-bond donors (Lipinski definition) is 2. The highest BCUT2D eigenvalue weighted by Crippen LogP contribution is 2.03. The van der Waals surface area contributed by atoms with Crippen molar-refractivity contribution in [3.63, 3.8) is 0 Å². The zero-order valence-corrected chi connectivity index (χ0v) is 9.43. The normalized spacial score (nSPS) is 9.56. The van der Waals surface area contributed by atoms with Crippen LogP contribution in [0.15, 0.2) is 59.5 Å². The first-order chi connectivity index (χ1) is 7.86. The number of fused-ring (bicyclic) bond motifs is 1. The molecule has 3 nitrogen and oxygen atoms in total. The van der Waals surface area contributed by atoms with Crippen molar-refractivity contribution in [3.8, 4) is 0 Å². The summed E-state index contributed by atoms with van der Waals surface area (Å²) in [6.07, 6.45) is 0. The van der Waals surface area contributed by atoms with Crippen molar-refractivity contribution in [2.24, 2.45) is 0 Å². The van der Waals surface area contributed by atoms with E-state index in [-0.39, 0.29) is 0 Å². The molecule has 0 saturated carbocycles. The number of aromatic amines is 1. The van der Waals surface area contributed by atoms with E-state index in [4.69, 9.17) is 0 Å². The van der Waals surface area contributed by atoms with Crippen molar-refractivity contribution in [2.45, 2.75) is 4.90 Å². The van der Waals surface area contributed by atoms with Crippen LogP contribution in [0.1, 0.15) is 0 Å². The predicted molar refractivity (Wildman–Crippen MR) is 67.6 cm³/mol. The van der Waals surface area contributed by atoms with Crippen LogP contribution >= 0.6 is 12.6 Å². The van der Waals surface area contributed by atoms with Gasteiger partial charge < -0.3 is 0 Å². The number of benzene rings is 2. The van der Waals surface area contributed by atoms with Crippen LogP contribution < -0.4 is 0 Å². The number of para-hydroxylation sites is 2. The zero-order chi connectivity index (χ0) is 11.2. The first-order valence-electron chi connectivity index (χ1n) is 4.86. The standard InChI is InChI=1S/C6H5N3.C6H6S/c1-2-4-6-5(3-1)7-9-8-6;7-6-4-2-1-3-5-6/h1-4H,(H,7,8,9);1-5,7H. The quantitative estimate of drug-likeness (QED) is 0.582. The molecule has 2 aromatic carbocycles. The van der Waals surface area contributed by atoms with Crippen molar-refractivity contribution < 1.29 is 0 Å². The second kappa shape index (κ2) is 5.32. The van der Waals surface area contributed by atoms with E-state index >= 15 is 0 Å². The van der Waals surface area contributed by atoms with E-state index in [0.29, 0.717) is 0 Å². The summed E-state index contributed by atoms with van der Waals surface area (Å²) in [7, 11) is 0. The predicted octanol–water partition coefficient (Wildman–Crippen LogP) is 2.93. The van der Waals surface area contributed by atoms with Gasteiger partial charge in [0.25, 0.3) is 0 Å². The third-order valence-corrected chi connectivity index (χ3v) is 2.28. The SMILES string of the molecule is Sc1ccccc1.c1ccc2n[nH]nc2c1. The molecule has 0 aliphatic rings. The average Bonchev–Trinajstić information content (AvgIpc) is 2.79. The fourth-order valence-corrected chi connectivity index (χ4v) is 1.39. The molecule has 0 fully saturated rings. The fraction of sp³-hybridized carbons (Fsp3) is 0. The van der Waals surface area contributed by atoms with Gasteiger partial charge in [0.1, 0.15) is 11.0 Å². The second-order valence-electron chi connectivity index (χ2n) is 3.15. The third kappa shape index (κ3) is 2.84. The lowest BCUT2D eigenvalue weighted by molar-refractivity contribution is 0.959. The van der Waals surface area contributed by atoms with Crippen LogP contribution in [0.2, 0.25) is 0 Å². The number of nitrogens with zero attached hydrogens (tertiary/aromatic N) is 2. The molecule has 1 aromatic heterocycles. The van der Waals surface area contributed by atoms with Gasteiger partial charge in [-0.3, -0.25) is 0 Å². The maximum atomic E-state index is 4.08. The summed E-state index contributed by atoms with van der Waals surface area (Å²) in [6.45, 7) is 0. The van der Waals surface area contributed by atoms with E-state index in [1.807, 2.05) is 54.6 Å². The number of thiol groups is 1. The summed E-state index contributed by atoms with van der Waals surface area (Å²) < 4.78 is 0. The van der Waals surface area contributed by atoms with Gasteiger partial charge in [0, 0.05) is 4.90 Å². The summed E-state index contributed by atoms with van der Waals surface area (Å²) >= 11 is 4.08. The Balaban J connectivity index is 0.000000125. The molecule has 3 rings (SSSR count). The number of hydrogen-bond acceptors (Lipinski definition) is 3. The van der Waals surface area contributed by atoms with Crippen LogP contribution in [0.5, 0.6) is 0 Å². The molecule has 0 unspecified atom stereocenters. The minimum Gasteiger partial charge on any atom is -0.197 e. The highest BCUT2D eigenvalue weighted by atomic mass is 32.1. The number of aromatic nitrogens is 3. The highest BCUT2D eigenvalue weighted by Gasteiger charge is 1.90. The van der Waals surface area contributed by atoms with Gasteiger partial charge in [-0.2, -0.15) is 15.4 Å². The van der Waals surface area contributed by atoms with Crippen LogP contribution in [0, 0.1) is 0 Å². The molecule has 1 N–H and O–H groups in total. The minimum absolute atomic E-state index is 0.914. The van der Waals surface area contributed by atoms with E-state index in [1.165, 1.54) is 0 Å². The molecule has 0 bridgehead atoms. The molecule has 4 heteroatoms. The Bertz CT molecular complexity index is 518. The first-order valence-corrected chi connectivity index (χ1v) is 5.30. The summed E-state index contributed by atoms with van der Waals surface area (Å²) in [5.74, 6) is 0.